The fraction of sp³-hybridized carbons (Fsp3) is 0.385. The van der Waals surface area contributed by atoms with Gasteiger partial charge in [-0.3, -0.25) is 0 Å². The third-order valence-corrected chi connectivity index (χ3v) is 2.31. The smallest absolute Gasteiger partial charge is 0.338 e. The van der Waals surface area contributed by atoms with E-state index < -0.39 is 11.6 Å². The number of halogens is 1. The van der Waals surface area contributed by atoms with Gasteiger partial charge in [0.25, 0.3) is 0 Å². The van der Waals surface area contributed by atoms with Crippen molar-refractivity contribution in [3.05, 3.63) is 34.3 Å². The van der Waals surface area contributed by atoms with Crippen molar-refractivity contribution in [2.75, 3.05) is 0 Å². The molecule has 3 nitrogen and oxygen atoms in total. The van der Waals surface area contributed by atoms with Crippen LogP contribution in [0.3, 0.4) is 0 Å². The summed E-state index contributed by atoms with van der Waals surface area (Å²) in [6.07, 6.45) is 0.230. The molecule has 0 aromatic heterocycles. The topological polar surface area (TPSA) is 50.1 Å². The molecule has 0 N–H and O–H groups in total. The number of benzene rings is 1. The first-order valence-corrected chi connectivity index (χ1v) is 5.60. The quantitative estimate of drug-likeness (QED) is 0.758. The molecule has 0 heterocycles. The molecule has 0 saturated heterocycles. The highest BCUT2D eigenvalue weighted by atomic mass is 35.5. The van der Waals surface area contributed by atoms with Gasteiger partial charge in [-0.15, -0.1) is 0 Å². The monoisotopic (exact) mass is 251 g/mol. The van der Waals surface area contributed by atoms with Crippen LogP contribution in [0.5, 0.6) is 0 Å². The zero-order valence-electron chi connectivity index (χ0n) is 10.1. The van der Waals surface area contributed by atoms with Crippen molar-refractivity contribution in [3.8, 4) is 6.07 Å². The highest BCUT2D eigenvalue weighted by Gasteiger charge is 2.18. The Labute approximate surface area is 106 Å². The number of hydrogen-bond donors (Lipinski definition) is 0. The fourth-order valence-electron chi connectivity index (χ4n) is 1.24. The lowest BCUT2D eigenvalue weighted by Gasteiger charge is -2.19. The second-order valence-electron chi connectivity index (χ2n) is 4.64. The number of nitriles is 1. The van der Waals surface area contributed by atoms with Crippen molar-refractivity contribution in [2.45, 2.75) is 32.8 Å². The summed E-state index contributed by atoms with van der Waals surface area (Å²) in [6, 6.07) is 6.83. The van der Waals surface area contributed by atoms with Gasteiger partial charge in [0.05, 0.1) is 18.1 Å². The first kappa shape index (κ1) is 13.5. The number of carbonyl (C=O) groups excluding carboxylic acids is 1. The maximum atomic E-state index is 11.7. The largest absolute Gasteiger partial charge is 0.456 e. The Bertz CT molecular complexity index is 469. The summed E-state index contributed by atoms with van der Waals surface area (Å²) in [4.78, 5) is 11.7. The fourth-order valence-corrected chi connectivity index (χ4v) is 1.49. The van der Waals surface area contributed by atoms with Crippen molar-refractivity contribution < 1.29 is 9.53 Å². The van der Waals surface area contributed by atoms with Gasteiger partial charge >= 0.3 is 5.97 Å². The van der Waals surface area contributed by atoms with E-state index in [-0.39, 0.29) is 6.42 Å². The number of rotatable bonds is 2. The van der Waals surface area contributed by atoms with Crippen LogP contribution in [0, 0.1) is 11.3 Å². The summed E-state index contributed by atoms with van der Waals surface area (Å²) < 4.78 is 5.22. The Morgan fingerprint density at radius 2 is 2.12 bits per heavy atom. The molecule has 0 radical (unpaired) electrons. The molecule has 0 amide bonds. The van der Waals surface area contributed by atoms with Gasteiger partial charge in [0.15, 0.2) is 0 Å². The second kappa shape index (κ2) is 5.20. The summed E-state index contributed by atoms with van der Waals surface area (Å²) in [7, 11) is 0. The highest BCUT2D eigenvalue weighted by Crippen LogP contribution is 2.20. The van der Waals surface area contributed by atoms with Crippen LogP contribution >= 0.6 is 11.6 Å². The lowest BCUT2D eigenvalue weighted by atomic mass is 10.1. The van der Waals surface area contributed by atoms with Crippen LogP contribution in [0.1, 0.15) is 36.7 Å². The minimum absolute atomic E-state index is 0.230. The lowest BCUT2D eigenvalue weighted by Crippen LogP contribution is -2.23. The van der Waals surface area contributed by atoms with Crippen molar-refractivity contribution in [3.63, 3.8) is 0 Å². The molecule has 90 valence electrons. The van der Waals surface area contributed by atoms with E-state index >= 15 is 0 Å². The van der Waals surface area contributed by atoms with Crippen LogP contribution in [0.2, 0.25) is 5.02 Å². The van der Waals surface area contributed by atoms with E-state index in [1.165, 1.54) is 6.07 Å². The molecule has 1 rings (SSSR count). The lowest BCUT2D eigenvalue weighted by molar-refractivity contribution is 0.00695. The molecular formula is C13H14ClNO2. The highest BCUT2D eigenvalue weighted by molar-refractivity contribution is 6.31. The Hall–Kier alpha value is -1.53. The second-order valence-corrected chi connectivity index (χ2v) is 5.05. The van der Waals surface area contributed by atoms with E-state index in [0.29, 0.717) is 16.1 Å². The molecule has 0 atom stereocenters. The molecule has 0 spiro atoms. The molecule has 0 saturated carbocycles. The third-order valence-electron chi connectivity index (χ3n) is 1.96. The molecule has 0 fully saturated rings. The molecule has 17 heavy (non-hydrogen) atoms. The Morgan fingerprint density at radius 3 is 2.59 bits per heavy atom. The maximum Gasteiger partial charge on any atom is 0.338 e. The maximum absolute atomic E-state index is 11.7. The van der Waals surface area contributed by atoms with Crippen LogP contribution in [0.25, 0.3) is 0 Å². The van der Waals surface area contributed by atoms with Gasteiger partial charge in [0.2, 0.25) is 0 Å². The van der Waals surface area contributed by atoms with Gasteiger partial charge < -0.3 is 4.74 Å². The molecule has 0 aliphatic heterocycles. The van der Waals surface area contributed by atoms with E-state index in [1.807, 2.05) is 6.07 Å². The van der Waals surface area contributed by atoms with E-state index in [9.17, 15) is 4.79 Å². The Kier molecular flexibility index (Phi) is 4.14. The van der Waals surface area contributed by atoms with Gasteiger partial charge in [0, 0.05) is 5.02 Å². The summed E-state index contributed by atoms with van der Waals surface area (Å²) in [6.45, 7) is 5.41. The predicted molar refractivity (Wildman–Crippen MR) is 65.9 cm³/mol. The van der Waals surface area contributed by atoms with E-state index in [1.54, 1.807) is 32.9 Å². The van der Waals surface area contributed by atoms with Crippen LogP contribution in [-0.2, 0) is 11.2 Å². The summed E-state index contributed by atoms with van der Waals surface area (Å²) >= 11 is 5.96. The van der Waals surface area contributed by atoms with Gasteiger partial charge in [0.1, 0.15) is 5.60 Å². The van der Waals surface area contributed by atoms with Crippen molar-refractivity contribution in [2.24, 2.45) is 0 Å². The van der Waals surface area contributed by atoms with Gasteiger partial charge in [-0.1, -0.05) is 17.7 Å². The zero-order chi connectivity index (χ0) is 13.1. The molecule has 4 heteroatoms. The third kappa shape index (κ3) is 4.08. The number of esters is 1. The van der Waals surface area contributed by atoms with Crippen molar-refractivity contribution >= 4 is 17.6 Å². The number of carbonyl (C=O) groups is 1. The number of hydrogen-bond acceptors (Lipinski definition) is 3. The predicted octanol–water partition coefficient (Wildman–Crippen LogP) is 3.36. The van der Waals surface area contributed by atoms with E-state index in [0.717, 1.165) is 0 Å². The van der Waals surface area contributed by atoms with Crippen LogP contribution in [0.4, 0.5) is 0 Å². The van der Waals surface area contributed by atoms with Crippen molar-refractivity contribution in [1.29, 1.82) is 5.26 Å². The van der Waals surface area contributed by atoms with Crippen LogP contribution in [0.15, 0.2) is 18.2 Å². The zero-order valence-corrected chi connectivity index (χ0v) is 10.8. The summed E-state index contributed by atoms with van der Waals surface area (Å²) in [5.41, 5.74) is 0.572. The average molecular weight is 252 g/mol. The minimum Gasteiger partial charge on any atom is -0.456 e. The van der Waals surface area contributed by atoms with Gasteiger partial charge in [-0.05, 0) is 38.5 Å². The summed E-state index contributed by atoms with van der Waals surface area (Å²) in [5.74, 6) is -0.414. The molecule has 0 aliphatic carbocycles. The van der Waals surface area contributed by atoms with E-state index in [4.69, 9.17) is 21.6 Å². The normalized spacial score (nSPS) is 10.8. The molecular weight excluding hydrogens is 238 g/mol. The molecule has 1 aromatic rings. The molecule has 1 aromatic carbocycles. The van der Waals surface area contributed by atoms with Gasteiger partial charge in [-0.25, -0.2) is 4.79 Å². The minimum atomic E-state index is -0.533. The SMILES string of the molecule is CC(C)(C)OC(=O)c1ccc(CC#N)c(Cl)c1. The number of ether oxygens (including phenoxy) is 1. The van der Waals surface area contributed by atoms with E-state index in [2.05, 4.69) is 0 Å². The first-order chi connectivity index (χ1) is 7.83. The van der Waals surface area contributed by atoms with Crippen LogP contribution in [-0.4, -0.2) is 11.6 Å². The summed E-state index contributed by atoms with van der Waals surface area (Å²) in [5, 5.41) is 8.99. The molecule has 0 bridgehead atoms. The standard InChI is InChI=1S/C13H14ClNO2/c1-13(2,3)17-12(16)10-5-4-9(6-7-15)11(14)8-10/h4-5,8H,6H2,1-3H3. The Morgan fingerprint density at radius 1 is 1.47 bits per heavy atom. The molecule has 0 aliphatic rings. The first-order valence-electron chi connectivity index (χ1n) is 5.22. The Balaban J connectivity index is 2.91. The average Bonchev–Trinajstić information content (AvgIpc) is 2.18. The molecule has 0 unspecified atom stereocenters. The van der Waals surface area contributed by atoms with Crippen molar-refractivity contribution in [1.82, 2.24) is 0 Å². The van der Waals surface area contributed by atoms with Crippen LogP contribution < -0.4 is 0 Å². The number of nitrogens with zero attached hydrogens (tertiary/aromatic N) is 1. The van der Waals surface area contributed by atoms with Gasteiger partial charge in [-0.2, -0.15) is 5.26 Å².